The summed E-state index contributed by atoms with van der Waals surface area (Å²) in [5.74, 6) is -0.913. The molecule has 2 aromatic heterocycles. The largest absolute Gasteiger partial charge is 0.323 e. The van der Waals surface area contributed by atoms with Gasteiger partial charge in [0, 0.05) is 11.0 Å². The summed E-state index contributed by atoms with van der Waals surface area (Å²) in [6.45, 7) is 5.64. The lowest BCUT2D eigenvalue weighted by atomic mass is 10.3. The van der Waals surface area contributed by atoms with Crippen molar-refractivity contribution in [3.05, 3.63) is 62.9 Å². The molecule has 1 unspecified atom stereocenters. The van der Waals surface area contributed by atoms with E-state index in [1.165, 1.54) is 28.0 Å². The third-order valence-corrected chi connectivity index (χ3v) is 6.09. The lowest BCUT2D eigenvalue weighted by Crippen LogP contribution is -2.26. The molecule has 3 aromatic rings. The Morgan fingerprint density at radius 3 is 3.00 bits per heavy atom. The number of thioether (sulfide) groups is 1. The van der Waals surface area contributed by atoms with Crippen LogP contribution in [0.15, 0.2) is 56.7 Å². The van der Waals surface area contributed by atoms with Crippen LogP contribution in [0.25, 0.3) is 10.2 Å². The minimum absolute atomic E-state index is 0.0980. The molecule has 1 atom stereocenters. The highest BCUT2D eigenvalue weighted by Gasteiger charge is 2.20. The average Bonchev–Trinajstić information content (AvgIpc) is 3.09. The highest BCUT2D eigenvalue weighted by molar-refractivity contribution is 9.10. The van der Waals surface area contributed by atoms with Gasteiger partial charge >= 0.3 is 0 Å². The van der Waals surface area contributed by atoms with Crippen molar-refractivity contribution >= 4 is 60.8 Å². The van der Waals surface area contributed by atoms with Crippen molar-refractivity contribution in [2.75, 3.05) is 5.32 Å². The van der Waals surface area contributed by atoms with Gasteiger partial charge in [-0.1, -0.05) is 33.8 Å². The van der Waals surface area contributed by atoms with Gasteiger partial charge in [0.15, 0.2) is 5.16 Å². The van der Waals surface area contributed by atoms with E-state index in [1.807, 2.05) is 0 Å². The van der Waals surface area contributed by atoms with E-state index >= 15 is 0 Å². The van der Waals surface area contributed by atoms with Gasteiger partial charge in [-0.25, -0.2) is 9.37 Å². The average molecular weight is 468 g/mol. The van der Waals surface area contributed by atoms with Crippen LogP contribution >= 0.6 is 39.0 Å². The van der Waals surface area contributed by atoms with Gasteiger partial charge in [0.1, 0.15) is 10.6 Å². The van der Waals surface area contributed by atoms with E-state index in [-0.39, 0.29) is 23.7 Å². The Hall–Kier alpha value is -1.97. The number of fused-ring (bicyclic) bond motifs is 1. The van der Waals surface area contributed by atoms with E-state index in [0.29, 0.717) is 19.8 Å². The quantitative estimate of drug-likeness (QED) is 0.325. The summed E-state index contributed by atoms with van der Waals surface area (Å²) in [7, 11) is 0. The van der Waals surface area contributed by atoms with E-state index < -0.39 is 11.1 Å². The molecule has 9 heteroatoms. The maximum absolute atomic E-state index is 13.9. The number of carbonyl (C=O) groups is 1. The summed E-state index contributed by atoms with van der Waals surface area (Å²) in [5.41, 5.74) is -0.0731. The molecular weight excluding hydrogens is 453 g/mol. The van der Waals surface area contributed by atoms with Crippen molar-refractivity contribution in [1.29, 1.82) is 0 Å². The molecule has 0 aliphatic rings. The SMILES string of the molecule is C=CCn1c(SC(C)C(=O)Nc2ccc(Br)cc2F)nc2sccc2c1=O. The van der Waals surface area contributed by atoms with E-state index in [9.17, 15) is 14.0 Å². The van der Waals surface area contributed by atoms with Crippen molar-refractivity contribution < 1.29 is 9.18 Å². The van der Waals surface area contributed by atoms with Gasteiger partial charge in [-0.15, -0.1) is 17.9 Å². The molecular formula is C18H15BrFN3O2S2. The van der Waals surface area contributed by atoms with Crippen LogP contribution in [-0.4, -0.2) is 20.7 Å². The zero-order chi connectivity index (χ0) is 19.6. The van der Waals surface area contributed by atoms with Gasteiger partial charge in [0.2, 0.25) is 5.91 Å². The number of allylic oxidation sites excluding steroid dienone is 1. The van der Waals surface area contributed by atoms with Gasteiger partial charge in [0.25, 0.3) is 5.56 Å². The summed E-state index contributed by atoms with van der Waals surface area (Å²) in [4.78, 5) is 30.2. The maximum Gasteiger partial charge on any atom is 0.263 e. The molecule has 1 N–H and O–H groups in total. The first-order valence-corrected chi connectivity index (χ1v) is 10.5. The zero-order valence-corrected chi connectivity index (χ0v) is 17.5. The van der Waals surface area contributed by atoms with Crippen molar-refractivity contribution in [2.24, 2.45) is 0 Å². The van der Waals surface area contributed by atoms with E-state index in [0.717, 1.165) is 11.8 Å². The van der Waals surface area contributed by atoms with Crippen LogP contribution in [0, 0.1) is 5.82 Å². The molecule has 0 aliphatic carbocycles. The highest BCUT2D eigenvalue weighted by atomic mass is 79.9. The second-order valence-corrected chi connectivity index (χ2v) is 8.73. The number of thiophene rings is 1. The summed E-state index contributed by atoms with van der Waals surface area (Å²) in [6, 6.07) is 6.14. The number of nitrogens with zero attached hydrogens (tertiary/aromatic N) is 2. The molecule has 1 amide bonds. The minimum atomic E-state index is -0.589. The fraction of sp³-hybridized carbons (Fsp3) is 0.167. The molecule has 0 saturated carbocycles. The molecule has 0 radical (unpaired) electrons. The van der Waals surface area contributed by atoms with Crippen molar-refractivity contribution in [3.63, 3.8) is 0 Å². The topological polar surface area (TPSA) is 64.0 Å². The van der Waals surface area contributed by atoms with Crippen LogP contribution < -0.4 is 10.9 Å². The Morgan fingerprint density at radius 2 is 2.30 bits per heavy atom. The number of benzene rings is 1. The van der Waals surface area contributed by atoms with E-state index in [4.69, 9.17) is 0 Å². The van der Waals surface area contributed by atoms with Gasteiger partial charge < -0.3 is 5.32 Å². The third-order valence-electron chi connectivity index (χ3n) is 3.70. The number of carbonyl (C=O) groups excluding carboxylic acids is 1. The number of anilines is 1. The molecule has 1 aromatic carbocycles. The number of rotatable bonds is 6. The van der Waals surface area contributed by atoms with Crippen molar-refractivity contribution in [1.82, 2.24) is 9.55 Å². The number of hydrogen-bond donors (Lipinski definition) is 1. The number of aromatic nitrogens is 2. The smallest absolute Gasteiger partial charge is 0.263 e. The predicted molar refractivity (Wildman–Crippen MR) is 112 cm³/mol. The van der Waals surface area contributed by atoms with Crippen LogP contribution in [0.3, 0.4) is 0 Å². The van der Waals surface area contributed by atoms with Crippen LogP contribution in [0.5, 0.6) is 0 Å². The second kappa shape index (κ2) is 8.37. The van der Waals surface area contributed by atoms with Gasteiger partial charge in [-0.3, -0.25) is 14.2 Å². The first-order chi connectivity index (χ1) is 12.9. The van der Waals surface area contributed by atoms with Gasteiger partial charge in [-0.2, -0.15) is 0 Å². The molecule has 140 valence electrons. The number of amides is 1. The van der Waals surface area contributed by atoms with E-state index in [2.05, 4.69) is 32.8 Å². The number of hydrogen-bond acceptors (Lipinski definition) is 5. The minimum Gasteiger partial charge on any atom is -0.323 e. The highest BCUT2D eigenvalue weighted by Crippen LogP contribution is 2.26. The molecule has 3 rings (SSSR count). The van der Waals surface area contributed by atoms with Gasteiger partial charge in [0.05, 0.1) is 16.3 Å². The monoisotopic (exact) mass is 467 g/mol. The Bertz CT molecular complexity index is 1080. The maximum atomic E-state index is 13.9. The zero-order valence-electron chi connectivity index (χ0n) is 14.2. The van der Waals surface area contributed by atoms with Crippen LogP contribution in [-0.2, 0) is 11.3 Å². The lowest BCUT2D eigenvalue weighted by Gasteiger charge is -2.15. The van der Waals surface area contributed by atoms with Crippen LogP contribution in [0.1, 0.15) is 6.92 Å². The molecule has 0 spiro atoms. The fourth-order valence-electron chi connectivity index (χ4n) is 2.35. The normalized spacial score (nSPS) is 12.1. The second-order valence-electron chi connectivity index (χ2n) is 5.61. The summed E-state index contributed by atoms with van der Waals surface area (Å²) >= 11 is 5.69. The number of halogens is 2. The Morgan fingerprint density at radius 1 is 1.52 bits per heavy atom. The van der Waals surface area contributed by atoms with Crippen LogP contribution in [0.4, 0.5) is 10.1 Å². The molecule has 0 saturated heterocycles. The fourth-order valence-corrected chi connectivity index (χ4v) is 4.40. The Kier molecular flexibility index (Phi) is 6.13. The summed E-state index contributed by atoms with van der Waals surface area (Å²) in [5, 5.41) is 4.75. The molecule has 27 heavy (non-hydrogen) atoms. The molecule has 0 aliphatic heterocycles. The lowest BCUT2D eigenvalue weighted by molar-refractivity contribution is -0.115. The molecule has 2 heterocycles. The summed E-state index contributed by atoms with van der Waals surface area (Å²) in [6.07, 6.45) is 1.60. The predicted octanol–water partition coefficient (Wildman–Crippen LogP) is 4.66. The van der Waals surface area contributed by atoms with Gasteiger partial charge in [-0.05, 0) is 36.6 Å². The van der Waals surface area contributed by atoms with Crippen molar-refractivity contribution in [2.45, 2.75) is 23.9 Å². The Labute approximate surface area is 171 Å². The molecule has 5 nitrogen and oxygen atoms in total. The molecule has 0 bridgehead atoms. The Balaban J connectivity index is 1.85. The first-order valence-electron chi connectivity index (χ1n) is 7.92. The molecule has 0 fully saturated rings. The third kappa shape index (κ3) is 4.31. The summed E-state index contributed by atoms with van der Waals surface area (Å²) < 4.78 is 16.0. The standard InChI is InChI=1S/C18H15BrFN3O2S2/c1-3-7-23-17(25)12-6-8-26-16(12)22-18(23)27-10(2)15(24)21-14-5-4-11(19)9-13(14)20/h3-6,8-10H,1,7H2,2H3,(H,21,24). The van der Waals surface area contributed by atoms with Crippen LogP contribution in [0.2, 0.25) is 0 Å². The van der Waals surface area contributed by atoms with Crippen molar-refractivity contribution in [3.8, 4) is 0 Å². The number of nitrogens with one attached hydrogen (secondary N) is 1. The van der Waals surface area contributed by atoms with E-state index in [1.54, 1.807) is 30.5 Å². The first kappa shape index (κ1) is 19.8.